The van der Waals surface area contributed by atoms with E-state index < -0.39 is 0 Å². The zero-order valence-corrected chi connectivity index (χ0v) is 25.1. The van der Waals surface area contributed by atoms with Crippen LogP contribution in [0.5, 0.6) is 0 Å². The number of carbonyl (C=O) groups is 1. The third-order valence-corrected chi connectivity index (χ3v) is 7.68. The van der Waals surface area contributed by atoms with Crippen LogP contribution in [0.25, 0.3) is 0 Å². The number of carbonyl (C=O) groups excluding carboxylic acids is 1. The molecular weight excluding hydrogens is 575 g/mol. The minimum atomic E-state index is -0.229. The summed E-state index contributed by atoms with van der Waals surface area (Å²) in [6.45, 7) is 5.37. The predicted molar refractivity (Wildman–Crippen MR) is 168 cm³/mol. The number of aromatic nitrogens is 2. The number of rotatable bonds is 10. The molecule has 2 N–H and O–H groups in total. The molecule has 1 heterocycles. The van der Waals surface area contributed by atoms with Gasteiger partial charge in [0.1, 0.15) is 0 Å². The number of hydrogen-bond acceptors (Lipinski definition) is 4. The molecule has 4 rings (SSSR count). The third-order valence-electron chi connectivity index (χ3n) is 6.46. The summed E-state index contributed by atoms with van der Waals surface area (Å²) in [6, 6.07) is 22.7. The monoisotopic (exact) mass is 604 g/mol. The maximum Gasteiger partial charge on any atom is 0.226 e. The van der Waals surface area contributed by atoms with Gasteiger partial charge < -0.3 is 20.1 Å². The molecule has 7 nitrogen and oxygen atoms in total. The minimum Gasteiger partial charge on any atom is -0.352 e. The van der Waals surface area contributed by atoms with Crippen LogP contribution < -0.4 is 10.6 Å². The van der Waals surface area contributed by atoms with E-state index in [4.69, 9.17) is 40.7 Å². The number of imidazole rings is 1. The molecule has 10 heteroatoms. The molecule has 1 aromatic heterocycles. The first-order valence-electron chi connectivity index (χ1n) is 13.0. The average molecular weight is 606 g/mol. The van der Waals surface area contributed by atoms with Crippen LogP contribution in [-0.4, -0.2) is 38.1 Å². The second-order valence-electron chi connectivity index (χ2n) is 9.86. The van der Waals surface area contributed by atoms with E-state index in [1.807, 2.05) is 71.8 Å². The SMILES string of the molecule is Cc1ccc(NC(=S)N(Cc2cccc(Cl)c2Cl)C[C@H](C)NC(=O)Cc2cncn2Cc2ccc(C#N)cc2)cc1. The molecule has 210 valence electrons. The van der Waals surface area contributed by atoms with E-state index in [0.717, 1.165) is 28.1 Å². The van der Waals surface area contributed by atoms with Crippen molar-refractivity contribution in [3.8, 4) is 6.07 Å². The van der Waals surface area contributed by atoms with Crippen LogP contribution in [0, 0.1) is 18.3 Å². The molecule has 1 atom stereocenters. The standard InChI is InChI=1S/C31H30Cl2N6OS/c1-21-6-12-26(13-7-21)37-31(41)38(19-25-4-3-5-28(32)30(25)33)17-22(2)36-29(40)14-27-16-35-20-39(27)18-24-10-8-23(15-34)9-11-24/h3-13,16,20,22H,14,17-19H2,1-2H3,(H,36,40)(H,37,41)/t22-/m0/s1. The van der Waals surface area contributed by atoms with Crippen LogP contribution in [0.4, 0.5) is 5.69 Å². The van der Waals surface area contributed by atoms with Crippen LogP contribution in [0.2, 0.25) is 10.0 Å². The van der Waals surface area contributed by atoms with Gasteiger partial charge in [-0.15, -0.1) is 0 Å². The largest absolute Gasteiger partial charge is 0.352 e. The Bertz CT molecular complexity index is 1550. The lowest BCUT2D eigenvalue weighted by molar-refractivity contribution is -0.121. The summed E-state index contributed by atoms with van der Waals surface area (Å²) in [5, 5.41) is 16.9. The minimum absolute atomic E-state index is 0.128. The van der Waals surface area contributed by atoms with Gasteiger partial charge in [0, 0.05) is 43.3 Å². The first kappa shape index (κ1) is 30.1. The van der Waals surface area contributed by atoms with Gasteiger partial charge in [-0.3, -0.25) is 4.79 Å². The molecule has 41 heavy (non-hydrogen) atoms. The van der Waals surface area contributed by atoms with Gasteiger partial charge in [0.25, 0.3) is 0 Å². The van der Waals surface area contributed by atoms with E-state index >= 15 is 0 Å². The van der Waals surface area contributed by atoms with Crippen LogP contribution in [0.1, 0.15) is 34.9 Å². The van der Waals surface area contributed by atoms with Crippen molar-refractivity contribution >= 4 is 52.1 Å². The summed E-state index contributed by atoms with van der Waals surface area (Å²) in [4.78, 5) is 19.2. The smallest absolute Gasteiger partial charge is 0.226 e. The van der Waals surface area contributed by atoms with Crippen molar-refractivity contribution < 1.29 is 4.79 Å². The number of hydrogen-bond donors (Lipinski definition) is 2. The zero-order valence-electron chi connectivity index (χ0n) is 22.8. The molecule has 1 amide bonds. The maximum atomic E-state index is 13.0. The average Bonchev–Trinajstić information content (AvgIpc) is 3.38. The van der Waals surface area contributed by atoms with E-state index in [9.17, 15) is 4.79 Å². The fraction of sp³-hybridized carbons (Fsp3) is 0.226. The number of nitrogens with one attached hydrogen (secondary N) is 2. The van der Waals surface area contributed by atoms with E-state index in [2.05, 4.69) is 21.7 Å². The van der Waals surface area contributed by atoms with Crippen LogP contribution in [0.15, 0.2) is 79.3 Å². The second kappa shape index (κ2) is 14.1. The Morgan fingerprint density at radius 1 is 1.12 bits per heavy atom. The lowest BCUT2D eigenvalue weighted by Crippen LogP contribution is -2.45. The molecular formula is C31H30Cl2N6OS. The number of amides is 1. The number of aryl methyl sites for hydroxylation is 1. The van der Waals surface area contributed by atoms with Crippen LogP contribution in [-0.2, 0) is 24.3 Å². The summed E-state index contributed by atoms with van der Waals surface area (Å²) in [5.74, 6) is -0.128. The topological polar surface area (TPSA) is 86.0 Å². The van der Waals surface area contributed by atoms with Crippen molar-refractivity contribution in [3.05, 3.63) is 117 Å². The van der Waals surface area contributed by atoms with Crippen molar-refractivity contribution in [3.63, 3.8) is 0 Å². The number of halogens is 2. The summed E-state index contributed by atoms with van der Waals surface area (Å²) in [5.41, 5.74) is 5.26. The summed E-state index contributed by atoms with van der Waals surface area (Å²) in [6.07, 6.45) is 3.57. The first-order chi connectivity index (χ1) is 19.7. The van der Waals surface area contributed by atoms with Crippen LogP contribution >= 0.6 is 35.4 Å². The lowest BCUT2D eigenvalue weighted by atomic mass is 10.1. The van der Waals surface area contributed by atoms with E-state index in [-0.39, 0.29) is 18.4 Å². The molecule has 0 bridgehead atoms. The molecule has 0 aliphatic carbocycles. The molecule has 0 saturated heterocycles. The highest BCUT2D eigenvalue weighted by atomic mass is 35.5. The first-order valence-corrected chi connectivity index (χ1v) is 14.2. The number of thiocarbonyl (C=S) groups is 1. The van der Waals surface area contributed by atoms with Crippen LogP contribution in [0.3, 0.4) is 0 Å². The van der Waals surface area contributed by atoms with E-state index in [1.54, 1.807) is 30.7 Å². The molecule has 0 radical (unpaired) electrons. The molecule has 0 spiro atoms. The van der Waals surface area contributed by atoms with Crippen molar-refractivity contribution in [2.75, 3.05) is 11.9 Å². The van der Waals surface area contributed by atoms with Crippen molar-refractivity contribution in [1.29, 1.82) is 5.26 Å². The highest BCUT2D eigenvalue weighted by molar-refractivity contribution is 7.80. The molecule has 3 aromatic carbocycles. The van der Waals surface area contributed by atoms with Crippen molar-refractivity contribution in [1.82, 2.24) is 19.8 Å². The van der Waals surface area contributed by atoms with E-state index in [1.165, 1.54) is 0 Å². The van der Waals surface area contributed by atoms with Gasteiger partial charge in [0.15, 0.2) is 5.11 Å². The number of nitrogens with zero attached hydrogens (tertiary/aromatic N) is 4. The lowest BCUT2D eigenvalue weighted by Gasteiger charge is -2.29. The fourth-order valence-electron chi connectivity index (χ4n) is 4.32. The quantitative estimate of drug-likeness (QED) is 0.205. The zero-order chi connectivity index (χ0) is 29.4. The Morgan fingerprint density at radius 2 is 1.85 bits per heavy atom. The molecule has 4 aromatic rings. The molecule has 0 aliphatic rings. The predicted octanol–water partition coefficient (Wildman–Crippen LogP) is 6.36. The fourth-order valence-corrected chi connectivity index (χ4v) is 4.96. The molecule has 0 aliphatic heterocycles. The number of nitriles is 1. The summed E-state index contributed by atoms with van der Waals surface area (Å²) in [7, 11) is 0. The summed E-state index contributed by atoms with van der Waals surface area (Å²) >= 11 is 18.5. The Labute approximate surface area is 255 Å². The highest BCUT2D eigenvalue weighted by Crippen LogP contribution is 2.27. The van der Waals surface area contributed by atoms with Gasteiger partial charge in [0.2, 0.25) is 5.91 Å². The maximum absolute atomic E-state index is 13.0. The Morgan fingerprint density at radius 3 is 2.56 bits per heavy atom. The van der Waals surface area contributed by atoms with Gasteiger partial charge in [-0.2, -0.15) is 5.26 Å². The van der Waals surface area contributed by atoms with Gasteiger partial charge >= 0.3 is 0 Å². The molecule has 0 fully saturated rings. The van der Waals surface area contributed by atoms with Gasteiger partial charge in [-0.25, -0.2) is 4.98 Å². The Kier molecular flexibility index (Phi) is 10.4. The van der Waals surface area contributed by atoms with Gasteiger partial charge in [0.05, 0.1) is 34.4 Å². The van der Waals surface area contributed by atoms with Crippen molar-refractivity contribution in [2.45, 2.75) is 39.4 Å². The Balaban J connectivity index is 1.41. The Hall–Kier alpha value is -3.90. The van der Waals surface area contributed by atoms with E-state index in [0.29, 0.717) is 40.4 Å². The molecule has 0 unspecified atom stereocenters. The normalized spacial score (nSPS) is 11.4. The third kappa shape index (κ3) is 8.54. The summed E-state index contributed by atoms with van der Waals surface area (Å²) < 4.78 is 1.93. The highest BCUT2D eigenvalue weighted by Gasteiger charge is 2.19. The second-order valence-corrected chi connectivity index (χ2v) is 11.0. The van der Waals surface area contributed by atoms with Gasteiger partial charge in [-0.05, 0) is 67.5 Å². The number of benzene rings is 3. The molecule has 0 saturated carbocycles. The number of anilines is 1. The van der Waals surface area contributed by atoms with Crippen molar-refractivity contribution in [2.24, 2.45) is 0 Å². The van der Waals surface area contributed by atoms with Gasteiger partial charge in [-0.1, -0.05) is 65.2 Å².